The van der Waals surface area contributed by atoms with Crippen molar-refractivity contribution >= 4 is 5.97 Å². The quantitative estimate of drug-likeness (QED) is 0.495. The van der Waals surface area contributed by atoms with Gasteiger partial charge in [0.15, 0.2) is 0 Å². The van der Waals surface area contributed by atoms with Crippen LogP contribution in [0.4, 0.5) is 0 Å². The predicted octanol–water partition coefficient (Wildman–Crippen LogP) is 7.02. The molecule has 0 radical (unpaired) electrons. The van der Waals surface area contributed by atoms with E-state index in [0.717, 1.165) is 11.1 Å². The van der Waals surface area contributed by atoms with Crippen LogP contribution >= 0.6 is 0 Å². The molecule has 3 nitrogen and oxygen atoms in total. The number of carboxylic acids is 1. The molecule has 156 valence electrons. The summed E-state index contributed by atoms with van der Waals surface area (Å²) in [6.07, 6.45) is 0. The van der Waals surface area contributed by atoms with Gasteiger partial charge < -0.3 is 10.2 Å². The molecule has 0 aliphatic heterocycles. The lowest BCUT2D eigenvalue weighted by Gasteiger charge is -2.33. The smallest absolute Gasteiger partial charge is 0.336 e. The molecule has 3 heteroatoms. The third-order valence-corrected chi connectivity index (χ3v) is 5.31. The van der Waals surface area contributed by atoms with Crippen LogP contribution in [0.1, 0.15) is 63.0 Å². The second-order valence-corrected chi connectivity index (χ2v) is 9.76. The summed E-state index contributed by atoms with van der Waals surface area (Å²) in [5.74, 6) is -0.818. The minimum absolute atomic E-state index is 0.178. The zero-order valence-electron chi connectivity index (χ0n) is 18.6. The van der Waals surface area contributed by atoms with E-state index in [-0.39, 0.29) is 11.3 Å². The molecule has 0 bridgehead atoms. The number of hydrogen-bond donors (Lipinski definition) is 2. The Balaban J connectivity index is 2.68. The fourth-order valence-electron chi connectivity index (χ4n) is 4.20. The molecule has 0 aromatic heterocycles. The van der Waals surface area contributed by atoms with E-state index in [2.05, 4.69) is 0 Å². The number of rotatable bonds is 3. The number of carbonyl (C=O) groups is 1. The van der Waals surface area contributed by atoms with Crippen molar-refractivity contribution < 1.29 is 15.0 Å². The number of phenols is 1. The molecule has 3 rings (SSSR count). The number of aromatic carboxylic acids is 1. The molecule has 0 saturated carbocycles. The van der Waals surface area contributed by atoms with Crippen molar-refractivity contribution in [2.24, 2.45) is 0 Å². The average Bonchev–Trinajstić information content (AvgIpc) is 2.66. The van der Waals surface area contributed by atoms with Crippen LogP contribution in [0.25, 0.3) is 22.3 Å². The van der Waals surface area contributed by atoms with E-state index in [9.17, 15) is 15.0 Å². The highest BCUT2D eigenvalue weighted by molar-refractivity contribution is 6.06. The maximum Gasteiger partial charge on any atom is 0.336 e. The Morgan fingerprint density at radius 2 is 1.00 bits per heavy atom. The van der Waals surface area contributed by atoms with Crippen molar-refractivity contribution in [3.8, 4) is 28.0 Å². The van der Waals surface area contributed by atoms with E-state index in [0.29, 0.717) is 22.3 Å². The molecule has 0 fully saturated rings. The van der Waals surface area contributed by atoms with Crippen LogP contribution in [0.15, 0.2) is 60.7 Å². The third-order valence-electron chi connectivity index (χ3n) is 5.31. The van der Waals surface area contributed by atoms with E-state index in [1.165, 1.54) is 0 Å². The van der Waals surface area contributed by atoms with Gasteiger partial charge in [0.1, 0.15) is 5.75 Å². The fourth-order valence-corrected chi connectivity index (χ4v) is 4.20. The first-order chi connectivity index (χ1) is 13.9. The first-order valence-electron chi connectivity index (χ1n) is 10.2. The van der Waals surface area contributed by atoms with Crippen molar-refractivity contribution in [1.82, 2.24) is 0 Å². The molecule has 3 aromatic rings. The largest absolute Gasteiger partial charge is 0.507 e. The highest BCUT2D eigenvalue weighted by atomic mass is 16.4. The van der Waals surface area contributed by atoms with Crippen LogP contribution in [0, 0.1) is 0 Å². The molecule has 0 saturated heterocycles. The third kappa shape index (κ3) is 3.85. The maximum atomic E-state index is 12.8. The minimum Gasteiger partial charge on any atom is -0.507 e. The van der Waals surface area contributed by atoms with Crippen LogP contribution < -0.4 is 0 Å². The predicted molar refractivity (Wildman–Crippen MR) is 123 cm³/mol. The standard InChI is InChI=1S/C27H30O3/c1-26(2,3)22-19(17-13-9-7-10-14-17)21(25(29)30)20(18-15-11-8-12-16-18)23(24(22)28)27(4,5)6/h7-16,28H,1-6H3,(H,29,30). The minimum atomic E-state index is -0.997. The number of hydrogen-bond acceptors (Lipinski definition) is 2. The van der Waals surface area contributed by atoms with Crippen molar-refractivity contribution in [3.63, 3.8) is 0 Å². The van der Waals surface area contributed by atoms with Crippen molar-refractivity contribution in [2.75, 3.05) is 0 Å². The highest BCUT2D eigenvalue weighted by Gasteiger charge is 2.36. The fraction of sp³-hybridized carbons (Fsp3) is 0.296. The van der Waals surface area contributed by atoms with Gasteiger partial charge in [-0.05, 0) is 22.0 Å². The molecule has 0 aliphatic rings. The average molecular weight is 403 g/mol. The lowest BCUT2D eigenvalue weighted by atomic mass is 9.70. The first-order valence-corrected chi connectivity index (χ1v) is 10.2. The van der Waals surface area contributed by atoms with E-state index in [4.69, 9.17) is 0 Å². The molecule has 2 N–H and O–H groups in total. The number of aromatic hydroxyl groups is 1. The lowest BCUT2D eigenvalue weighted by molar-refractivity contribution is 0.0698. The Bertz CT molecular complexity index is 989. The second-order valence-electron chi connectivity index (χ2n) is 9.76. The van der Waals surface area contributed by atoms with E-state index in [1.807, 2.05) is 102 Å². The Labute approximate surface area is 179 Å². The van der Waals surface area contributed by atoms with Gasteiger partial charge in [0.05, 0.1) is 5.56 Å². The molecule has 0 aliphatic carbocycles. The highest BCUT2D eigenvalue weighted by Crippen LogP contribution is 2.51. The second kappa shape index (κ2) is 7.64. The number of phenolic OH excluding ortho intramolecular Hbond substituents is 1. The normalized spacial score (nSPS) is 12.1. The monoisotopic (exact) mass is 402 g/mol. The van der Waals surface area contributed by atoms with Gasteiger partial charge >= 0.3 is 5.97 Å². The van der Waals surface area contributed by atoms with E-state index < -0.39 is 16.8 Å². The number of carboxylic acid groups (broad SMARTS) is 1. The molecule has 3 aromatic carbocycles. The number of benzene rings is 3. The summed E-state index contributed by atoms with van der Waals surface area (Å²) in [7, 11) is 0. The van der Waals surface area contributed by atoms with Gasteiger partial charge in [-0.25, -0.2) is 4.79 Å². The van der Waals surface area contributed by atoms with Gasteiger partial charge in [0, 0.05) is 22.3 Å². The molecule has 0 atom stereocenters. The van der Waals surface area contributed by atoms with Gasteiger partial charge in [-0.15, -0.1) is 0 Å². The van der Waals surface area contributed by atoms with Crippen LogP contribution in [-0.4, -0.2) is 16.2 Å². The Hall–Kier alpha value is -3.07. The molecule has 0 unspecified atom stereocenters. The molecule has 30 heavy (non-hydrogen) atoms. The van der Waals surface area contributed by atoms with Crippen LogP contribution in [0.5, 0.6) is 5.75 Å². The molecule has 0 amide bonds. The zero-order valence-corrected chi connectivity index (χ0v) is 18.6. The summed E-state index contributed by atoms with van der Waals surface area (Å²) in [4.78, 5) is 12.8. The first kappa shape index (κ1) is 21.6. The molecular formula is C27H30O3. The van der Waals surface area contributed by atoms with Gasteiger partial charge in [-0.3, -0.25) is 0 Å². The maximum absolute atomic E-state index is 12.8. The van der Waals surface area contributed by atoms with Crippen molar-refractivity contribution in [3.05, 3.63) is 77.4 Å². The summed E-state index contributed by atoms with van der Waals surface area (Å²) in [5, 5.41) is 22.1. The van der Waals surface area contributed by atoms with Gasteiger partial charge in [-0.2, -0.15) is 0 Å². The van der Waals surface area contributed by atoms with E-state index >= 15 is 0 Å². The summed E-state index contributed by atoms with van der Waals surface area (Å²) in [5.41, 5.74) is 3.37. The SMILES string of the molecule is CC(C)(C)c1c(O)c(C(C)(C)C)c(-c2ccccc2)c(C(=O)O)c1-c1ccccc1. The summed E-state index contributed by atoms with van der Waals surface area (Å²) in [6.45, 7) is 12.1. The van der Waals surface area contributed by atoms with E-state index in [1.54, 1.807) is 0 Å². The van der Waals surface area contributed by atoms with Gasteiger partial charge in [0.2, 0.25) is 0 Å². The zero-order chi connectivity index (χ0) is 22.3. The van der Waals surface area contributed by atoms with Crippen LogP contribution in [-0.2, 0) is 10.8 Å². The molecule has 0 heterocycles. The van der Waals surface area contributed by atoms with Gasteiger partial charge in [-0.1, -0.05) is 102 Å². The lowest BCUT2D eigenvalue weighted by Crippen LogP contribution is -2.22. The molecule has 0 spiro atoms. The van der Waals surface area contributed by atoms with Crippen molar-refractivity contribution in [2.45, 2.75) is 52.4 Å². The summed E-state index contributed by atoms with van der Waals surface area (Å²) < 4.78 is 0. The Kier molecular flexibility index (Phi) is 5.51. The van der Waals surface area contributed by atoms with Gasteiger partial charge in [0.25, 0.3) is 0 Å². The Morgan fingerprint density at radius 1 is 0.667 bits per heavy atom. The summed E-state index contributed by atoms with van der Waals surface area (Å²) in [6, 6.07) is 19.0. The van der Waals surface area contributed by atoms with Crippen molar-refractivity contribution in [1.29, 1.82) is 0 Å². The summed E-state index contributed by atoms with van der Waals surface area (Å²) >= 11 is 0. The molecular weight excluding hydrogens is 372 g/mol. The van der Waals surface area contributed by atoms with Crippen LogP contribution in [0.3, 0.4) is 0 Å². The Morgan fingerprint density at radius 3 is 1.27 bits per heavy atom. The van der Waals surface area contributed by atoms with Crippen LogP contribution in [0.2, 0.25) is 0 Å². The topological polar surface area (TPSA) is 57.5 Å².